The van der Waals surface area contributed by atoms with E-state index in [-0.39, 0.29) is 32.0 Å². The topological polar surface area (TPSA) is 152 Å². The molecule has 1 heterocycles. The summed E-state index contributed by atoms with van der Waals surface area (Å²) in [7, 11) is 0. The molecule has 0 spiro atoms. The van der Waals surface area contributed by atoms with Crippen molar-refractivity contribution in [2.45, 2.75) is 263 Å². The quantitative estimate of drug-likeness (QED) is 0.0264. The third-order valence-corrected chi connectivity index (χ3v) is 12.0. The molecule has 0 aliphatic carbocycles. The van der Waals surface area contributed by atoms with E-state index in [1.165, 1.54) is 122 Å². The summed E-state index contributed by atoms with van der Waals surface area (Å²) in [5.74, 6) is -0.807. The van der Waals surface area contributed by atoms with Gasteiger partial charge >= 0.3 is 11.9 Å². The summed E-state index contributed by atoms with van der Waals surface area (Å²) in [5, 5.41) is 40.2. The van der Waals surface area contributed by atoms with Gasteiger partial charge in [0.25, 0.3) is 0 Å². The van der Waals surface area contributed by atoms with Crippen LogP contribution in [-0.2, 0) is 28.5 Å². The Morgan fingerprint density at radius 3 is 1.39 bits per heavy atom. The summed E-state index contributed by atoms with van der Waals surface area (Å²) in [4.78, 5) is 25.5. The molecule has 1 aliphatic rings. The molecule has 372 valence electrons. The molecule has 0 radical (unpaired) electrons. The van der Waals surface area contributed by atoms with Crippen LogP contribution in [0.1, 0.15) is 226 Å². The Morgan fingerprint density at radius 2 is 0.922 bits per heavy atom. The predicted octanol–water partition coefficient (Wildman–Crippen LogP) is 12.4. The summed E-state index contributed by atoms with van der Waals surface area (Å²) >= 11 is 0. The summed E-state index contributed by atoms with van der Waals surface area (Å²) in [5.41, 5.74) is 0. The van der Waals surface area contributed by atoms with E-state index in [2.05, 4.69) is 62.5 Å². The lowest BCUT2D eigenvalue weighted by Crippen LogP contribution is -2.59. The monoisotopic (exact) mass is 905 g/mol. The van der Waals surface area contributed by atoms with Gasteiger partial charge in [0.1, 0.15) is 31.0 Å². The number of allylic oxidation sites excluding steroid dienone is 8. The molecule has 6 atom stereocenters. The van der Waals surface area contributed by atoms with Crippen LogP contribution in [0.3, 0.4) is 0 Å². The van der Waals surface area contributed by atoms with E-state index in [9.17, 15) is 30.0 Å². The van der Waals surface area contributed by atoms with Crippen LogP contribution in [0.4, 0.5) is 0 Å². The van der Waals surface area contributed by atoms with Crippen LogP contribution in [0, 0.1) is 0 Å². The number of hydrogen-bond donors (Lipinski definition) is 4. The molecule has 1 fully saturated rings. The zero-order chi connectivity index (χ0) is 46.6. The number of carbonyl (C=O) groups excluding carboxylic acids is 2. The molecule has 10 nitrogen and oxygen atoms in total. The van der Waals surface area contributed by atoms with Gasteiger partial charge in [0.2, 0.25) is 0 Å². The van der Waals surface area contributed by atoms with Gasteiger partial charge in [-0.25, -0.2) is 0 Å². The summed E-state index contributed by atoms with van der Waals surface area (Å²) in [6.45, 7) is 3.33. The molecule has 0 amide bonds. The molecule has 0 aromatic heterocycles. The Morgan fingerprint density at radius 1 is 0.500 bits per heavy atom. The Balaban J connectivity index is 2.25. The van der Waals surface area contributed by atoms with Crippen LogP contribution < -0.4 is 0 Å². The van der Waals surface area contributed by atoms with Gasteiger partial charge in [-0.05, 0) is 51.4 Å². The molecule has 4 N–H and O–H groups in total. The van der Waals surface area contributed by atoms with Crippen LogP contribution in [0.15, 0.2) is 48.6 Å². The second-order valence-corrected chi connectivity index (χ2v) is 18.0. The van der Waals surface area contributed by atoms with Gasteiger partial charge in [-0.1, -0.05) is 210 Å². The number of carbonyl (C=O) groups is 2. The van der Waals surface area contributed by atoms with Crippen molar-refractivity contribution in [2.24, 2.45) is 0 Å². The molecule has 6 unspecified atom stereocenters. The molecule has 0 saturated carbocycles. The summed E-state index contributed by atoms with van der Waals surface area (Å²) < 4.78 is 22.3. The molecular formula is C54H96O10. The van der Waals surface area contributed by atoms with Crippen molar-refractivity contribution in [3.63, 3.8) is 0 Å². The van der Waals surface area contributed by atoms with Gasteiger partial charge in [0, 0.05) is 12.8 Å². The number of esters is 2. The molecule has 1 rings (SSSR count). The molecule has 1 aliphatic heterocycles. The minimum atomic E-state index is -1.60. The standard InChI is InChI=1S/C54H96O10/c1-3-5-7-9-11-13-15-17-19-21-23-24-25-27-29-31-33-35-37-39-41-43-50(57)63-47(46-62-54-53(60)52(59)51(58)48(44-55)64-54)45-61-49(56)42-40-38-36-34-32-30-28-26-22-20-18-16-14-12-10-8-6-4-2/h5,7,11,13,17,19,23-24,47-48,51-55,58-60H,3-4,6,8-10,12,14-16,18,20-22,25-46H2,1-2H3/b7-5-,13-11-,19-17-,24-23-. The van der Waals surface area contributed by atoms with Crippen LogP contribution in [0.5, 0.6) is 0 Å². The van der Waals surface area contributed by atoms with Crippen molar-refractivity contribution in [2.75, 3.05) is 19.8 Å². The number of unbranched alkanes of at least 4 members (excludes halogenated alkanes) is 25. The fourth-order valence-corrected chi connectivity index (χ4v) is 7.89. The number of aliphatic hydroxyl groups excluding tert-OH is 4. The molecule has 0 aromatic rings. The molecular weight excluding hydrogens is 809 g/mol. The third-order valence-electron chi connectivity index (χ3n) is 12.0. The van der Waals surface area contributed by atoms with Crippen molar-refractivity contribution in [3.05, 3.63) is 48.6 Å². The average Bonchev–Trinajstić information content (AvgIpc) is 3.29. The highest BCUT2D eigenvalue weighted by Gasteiger charge is 2.44. The maximum absolute atomic E-state index is 12.8. The minimum Gasteiger partial charge on any atom is -0.462 e. The van der Waals surface area contributed by atoms with Crippen LogP contribution in [0.25, 0.3) is 0 Å². The smallest absolute Gasteiger partial charge is 0.306 e. The lowest BCUT2D eigenvalue weighted by Gasteiger charge is -2.39. The van der Waals surface area contributed by atoms with Crippen LogP contribution in [-0.4, -0.2) is 89.0 Å². The normalized spacial score (nSPS) is 19.8. The van der Waals surface area contributed by atoms with Gasteiger partial charge in [-0.3, -0.25) is 9.59 Å². The lowest BCUT2D eigenvalue weighted by atomic mass is 9.99. The maximum atomic E-state index is 12.8. The Hall–Kier alpha value is -2.34. The highest BCUT2D eigenvalue weighted by atomic mass is 16.7. The Bertz CT molecular complexity index is 1180. The van der Waals surface area contributed by atoms with E-state index >= 15 is 0 Å². The fourth-order valence-electron chi connectivity index (χ4n) is 7.89. The Labute approximate surface area is 390 Å². The van der Waals surface area contributed by atoms with E-state index in [0.29, 0.717) is 6.42 Å². The number of aliphatic hydroxyl groups is 4. The SMILES string of the molecule is CC/C=C\C/C=C\C/C=C\C/C=C\CCCCCCCCCCC(=O)OC(COC(=O)CCCCCCCCCCCCCCCCCCCC)COC1OC(CO)C(O)C(O)C1O. The highest BCUT2D eigenvalue weighted by Crippen LogP contribution is 2.23. The van der Waals surface area contributed by atoms with E-state index in [1.807, 2.05) is 0 Å². The second-order valence-electron chi connectivity index (χ2n) is 18.0. The molecule has 0 bridgehead atoms. The van der Waals surface area contributed by atoms with Gasteiger partial charge in [0.05, 0.1) is 13.2 Å². The predicted molar refractivity (Wildman–Crippen MR) is 261 cm³/mol. The fraction of sp³-hybridized carbons (Fsp3) is 0.815. The lowest BCUT2D eigenvalue weighted by molar-refractivity contribution is -0.305. The molecule has 1 saturated heterocycles. The first kappa shape index (κ1) is 59.7. The van der Waals surface area contributed by atoms with Crippen molar-refractivity contribution in [1.29, 1.82) is 0 Å². The number of rotatable bonds is 44. The van der Waals surface area contributed by atoms with Gasteiger partial charge in [-0.15, -0.1) is 0 Å². The number of ether oxygens (including phenoxy) is 4. The van der Waals surface area contributed by atoms with E-state index in [4.69, 9.17) is 18.9 Å². The zero-order valence-electron chi connectivity index (χ0n) is 40.8. The Kier molecular flexibility index (Phi) is 41.5. The first-order chi connectivity index (χ1) is 31.3. The summed E-state index contributed by atoms with van der Waals surface area (Å²) in [6.07, 6.45) is 46.8. The zero-order valence-corrected chi connectivity index (χ0v) is 40.8. The average molecular weight is 905 g/mol. The van der Waals surface area contributed by atoms with Gasteiger partial charge in [0.15, 0.2) is 12.4 Å². The van der Waals surface area contributed by atoms with Crippen molar-refractivity contribution >= 4 is 11.9 Å². The second kappa shape index (κ2) is 44.5. The van der Waals surface area contributed by atoms with Crippen LogP contribution >= 0.6 is 0 Å². The van der Waals surface area contributed by atoms with Gasteiger partial charge < -0.3 is 39.4 Å². The van der Waals surface area contributed by atoms with Crippen LogP contribution in [0.2, 0.25) is 0 Å². The number of hydrogen-bond acceptors (Lipinski definition) is 10. The van der Waals surface area contributed by atoms with Crippen molar-refractivity contribution in [1.82, 2.24) is 0 Å². The maximum Gasteiger partial charge on any atom is 0.306 e. The van der Waals surface area contributed by atoms with E-state index in [0.717, 1.165) is 70.6 Å². The van der Waals surface area contributed by atoms with Gasteiger partial charge in [-0.2, -0.15) is 0 Å². The van der Waals surface area contributed by atoms with E-state index < -0.39 is 49.4 Å². The van der Waals surface area contributed by atoms with E-state index in [1.54, 1.807) is 0 Å². The molecule has 0 aromatic carbocycles. The summed E-state index contributed by atoms with van der Waals surface area (Å²) in [6, 6.07) is 0. The minimum absolute atomic E-state index is 0.219. The largest absolute Gasteiger partial charge is 0.462 e. The van der Waals surface area contributed by atoms with Crippen molar-refractivity contribution < 1.29 is 49.0 Å². The molecule has 10 heteroatoms. The third kappa shape index (κ3) is 34.9. The highest BCUT2D eigenvalue weighted by molar-refractivity contribution is 5.70. The first-order valence-electron chi connectivity index (χ1n) is 26.2. The van der Waals surface area contributed by atoms with Crippen molar-refractivity contribution in [3.8, 4) is 0 Å². The molecule has 64 heavy (non-hydrogen) atoms. The first-order valence-corrected chi connectivity index (χ1v) is 26.2.